The van der Waals surface area contributed by atoms with Crippen molar-refractivity contribution in [2.24, 2.45) is 0 Å². The summed E-state index contributed by atoms with van der Waals surface area (Å²) in [5, 5.41) is 3.18. The third-order valence-electron chi connectivity index (χ3n) is 2.53. The van der Waals surface area contributed by atoms with Gasteiger partial charge in [-0.25, -0.2) is 0 Å². The lowest BCUT2D eigenvalue weighted by Crippen LogP contribution is -2.21. The maximum absolute atomic E-state index is 3.18. The van der Waals surface area contributed by atoms with Crippen LogP contribution in [0.5, 0.6) is 0 Å². The molecule has 0 amide bonds. The predicted molar refractivity (Wildman–Crippen MR) is 60.4 cm³/mol. The van der Waals surface area contributed by atoms with Gasteiger partial charge in [-0.15, -0.1) is 0 Å². The minimum absolute atomic E-state index is 0.537. The molecule has 0 spiro atoms. The van der Waals surface area contributed by atoms with E-state index in [1.165, 1.54) is 18.4 Å². The van der Waals surface area contributed by atoms with Crippen LogP contribution in [0, 0.1) is 0 Å². The summed E-state index contributed by atoms with van der Waals surface area (Å²) in [5.74, 6) is 0. The Hall–Kier alpha value is -0.800. The third-order valence-corrected chi connectivity index (χ3v) is 2.53. The molecule has 1 rings (SSSR count). The lowest BCUT2D eigenvalue weighted by molar-refractivity contribution is 0.279. The van der Waals surface area contributed by atoms with Crippen LogP contribution < -0.4 is 5.32 Å². The van der Waals surface area contributed by atoms with E-state index in [0.29, 0.717) is 6.04 Å². The Labute approximate surface area is 86.5 Å². The maximum atomic E-state index is 3.18. The van der Waals surface area contributed by atoms with Crippen LogP contribution in [0.1, 0.15) is 24.4 Å². The van der Waals surface area contributed by atoms with Gasteiger partial charge in [0.15, 0.2) is 0 Å². The molecule has 3 nitrogen and oxygen atoms in total. The van der Waals surface area contributed by atoms with Gasteiger partial charge >= 0.3 is 0 Å². The van der Waals surface area contributed by atoms with E-state index in [9.17, 15) is 0 Å². The van der Waals surface area contributed by atoms with Crippen molar-refractivity contribution in [1.29, 1.82) is 0 Å². The topological polar surface area (TPSA) is 31.1 Å². The number of nitrogens with one attached hydrogen (secondary N) is 2. The highest BCUT2D eigenvalue weighted by molar-refractivity contribution is 5.13. The van der Waals surface area contributed by atoms with Crippen LogP contribution in [-0.2, 0) is 0 Å². The van der Waals surface area contributed by atoms with E-state index in [1.54, 1.807) is 0 Å². The first-order valence-electron chi connectivity index (χ1n) is 5.19. The second-order valence-corrected chi connectivity index (χ2v) is 3.87. The highest BCUT2D eigenvalue weighted by Gasteiger charge is 2.13. The van der Waals surface area contributed by atoms with Gasteiger partial charge in [-0.2, -0.15) is 0 Å². The molecule has 1 atom stereocenters. The average Bonchev–Trinajstić information content (AvgIpc) is 2.64. The van der Waals surface area contributed by atoms with Crippen molar-refractivity contribution in [3.63, 3.8) is 0 Å². The van der Waals surface area contributed by atoms with E-state index < -0.39 is 0 Å². The molecule has 0 aliphatic rings. The molecule has 3 heteroatoms. The summed E-state index contributed by atoms with van der Waals surface area (Å²) < 4.78 is 0. The molecule has 1 unspecified atom stereocenters. The Morgan fingerprint density at radius 1 is 1.50 bits per heavy atom. The Morgan fingerprint density at radius 3 is 2.79 bits per heavy atom. The van der Waals surface area contributed by atoms with Gasteiger partial charge < -0.3 is 15.2 Å². The molecule has 0 aliphatic heterocycles. The highest BCUT2D eigenvalue weighted by Crippen LogP contribution is 2.22. The van der Waals surface area contributed by atoms with Gasteiger partial charge in [0.2, 0.25) is 0 Å². The van der Waals surface area contributed by atoms with Gasteiger partial charge in [0, 0.05) is 18.4 Å². The molecule has 0 aliphatic carbocycles. The Kier molecular flexibility index (Phi) is 4.70. The summed E-state index contributed by atoms with van der Waals surface area (Å²) in [5.41, 5.74) is 1.38. The zero-order valence-corrected chi connectivity index (χ0v) is 9.38. The molecule has 0 bridgehead atoms. The van der Waals surface area contributed by atoms with Crippen molar-refractivity contribution in [2.75, 3.05) is 27.7 Å². The zero-order valence-electron chi connectivity index (χ0n) is 9.38. The summed E-state index contributed by atoms with van der Waals surface area (Å²) in [6, 6.07) is 2.69. The number of rotatable bonds is 6. The second-order valence-electron chi connectivity index (χ2n) is 3.87. The van der Waals surface area contributed by atoms with E-state index in [2.05, 4.69) is 41.6 Å². The van der Waals surface area contributed by atoms with Gasteiger partial charge in [-0.05, 0) is 52.2 Å². The van der Waals surface area contributed by atoms with Crippen molar-refractivity contribution in [3.8, 4) is 0 Å². The molecule has 0 saturated carbocycles. The molecular formula is C11H21N3. The third kappa shape index (κ3) is 3.16. The van der Waals surface area contributed by atoms with Gasteiger partial charge in [-0.1, -0.05) is 0 Å². The SMILES string of the molecule is CNCCCC(c1cc[nH]c1)N(C)C. The van der Waals surface area contributed by atoms with Crippen LogP contribution in [0.3, 0.4) is 0 Å². The number of aromatic nitrogens is 1. The van der Waals surface area contributed by atoms with Crippen LogP contribution in [0.4, 0.5) is 0 Å². The van der Waals surface area contributed by atoms with E-state index >= 15 is 0 Å². The van der Waals surface area contributed by atoms with E-state index in [-0.39, 0.29) is 0 Å². The van der Waals surface area contributed by atoms with Crippen molar-refractivity contribution in [2.45, 2.75) is 18.9 Å². The summed E-state index contributed by atoms with van der Waals surface area (Å²) in [6.07, 6.45) is 6.49. The van der Waals surface area contributed by atoms with Crippen LogP contribution in [0.2, 0.25) is 0 Å². The summed E-state index contributed by atoms with van der Waals surface area (Å²) in [4.78, 5) is 5.39. The molecule has 0 saturated heterocycles. The minimum Gasteiger partial charge on any atom is -0.367 e. The Morgan fingerprint density at radius 2 is 2.29 bits per heavy atom. The fourth-order valence-corrected chi connectivity index (χ4v) is 1.74. The van der Waals surface area contributed by atoms with E-state index in [1.807, 2.05) is 13.2 Å². The first-order chi connectivity index (χ1) is 6.75. The fraction of sp³-hybridized carbons (Fsp3) is 0.636. The van der Waals surface area contributed by atoms with Gasteiger partial charge in [0.05, 0.1) is 0 Å². The number of aromatic amines is 1. The molecule has 0 aromatic carbocycles. The molecule has 14 heavy (non-hydrogen) atoms. The lowest BCUT2D eigenvalue weighted by atomic mass is 10.0. The first kappa shape index (κ1) is 11.3. The number of H-pyrrole nitrogens is 1. The molecule has 0 radical (unpaired) electrons. The molecule has 2 N–H and O–H groups in total. The molecule has 1 aromatic heterocycles. The largest absolute Gasteiger partial charge is 0.367 e. The Balaban J connectivity index is 2.48. The molecule has 80 valence electrons. The molecule has 1 heterocycles. The van der Waals surface area contributed by atoms with Crippen molar-refractivity contribution >= 4 is 0 Å². The molecule has 0 fully saturated rings. The number of hydrogen-bond acceptors (Lipinski definition) is 2. The van der Waals surface area contributed by atoms with Crippen molar-refractivity contribution in [1.82, 2.24) is 15.2 Å². The fourth-order valence-electron chi connectivity index (χ4n) is 1.74. The van der Waals surface area contributed by atoms with E-state index in [0.717, 1.165) is 6.54 Å². The lowest BCUT2D eigenvalue weighted by Gasteiger charge is -2.23. The highest BCUT2D eigenvalue weighted by atomic mass is 15.1. The normalized spacial score (nSPS) is 13.4. The number of nitrogens with zero attached hydrogens (tertiary/aromatic N) is 1. The van der Waals surface area contributed by atoms with Crippen molar-refractivity contribution in [3.05, 3.63) is 24.0 Å². The maximum Gasteiger partial charge on any atom is 0.0357 e. The minimum atomic E-state index is 0.537. The number of hydrogen-bond donors (Lipinski definition) is 2. The molecular weight excluding hydrogens is 174 g/mol. The van der Waals surface area contributed by atoms with Gasteiger partial charge in [-0.3, -0.25) is 0 Å². The van der Waals surface area contributed by atoms with Crippen LogP contribution in [-0.4, -0.2) is 37.6 Å². The van der Waals surface area contributed by atoms with Crippen LogP contribution in [0.25, 0.3) is 0 Å². The zero-order chi connectivity index (χ0) is 10.4. The van der Waals surface area contributed by atoms with Gasteiger partial charge in [0.25, 0.3) is 0 Å². The summed E-state index contributed by atoms with van der Waals surface area (Å²) in [6.45, 7) is 1.09. The standard InChI is InChI=1S/C11H21N3/c1-12-7-4-5-11(14(2)3)10-6-8-13-9-10/h6,8-9,11-13H,4-5,7H2,1-3H3. The van der Waals surface area contributed by atoms with Crippen LogP contribution in [0.15, 0.2) is 18.5 Å². The first-order valence-corrected chi connectivity index (χ1v) is 5.19. The molecule has 1 aromatic rings. The van der Waals surface area contributed by atoms with E-state index in [4.69, 9.17) is 0 Å². The van der Waals surface area contributed by atoms with Gasteiger partial charge in [0.1, 0.15) is 0 Å². The summed E-state index contributed by atoms with van der Waals surface area (Å²) in [7, 11) is 6.27. The Bertz CT molecular complexity index is 229. The average molecular weight is 195 g/mol. The van der Waals surface area contributed by atoms with Crippen molar-refractivity contribution < 1.29 is 0 Å². The monoisotopic (exact) mass is 195 g/mol. The summed E-state index contributed by atoms with van der Waals surface area (Å²) >= 11 is 0. The predicted octanol–water partition coefficient (Wildman–Crippen LogP) is 1.62. The smallest absolute Gasteiger partial charge is 0.0357 e. The second kappa shape index (κ2) is 5.83. The van der Waals surface area contributed by atoms with Crippen LogP contribution >= 0.6 is 0 Å². The quantitative estimate of drug-likeness (QED) is 0.676.